The topological polar surface area (TPSA) is 104 Å². The van der Waals surface area contributed by atoms with E-state index in [4.69, 9.17) is 0 Å². The lowest BCUT2D eigenvalue weighted by molar-refractivity contribution is -0.384. The standard InChI is InChI=1S/C14H8FN3O5S2/c1-23-14(20)10-6-24-13(16-10)12(19)9-5-17(25-15)11-4-7(18(21)22)2-3-8(9)11/h2-6H,1H3. The van der Waals surface area contributed by atoms with Gasteiger partial charge in [0.25, 0.3) is 5.69 Å². The molecule has 0 N–H and O–H groups in total. The van der Waals surface area contributed by atoms with Gasteiger partial charge in [0.05, 0.1) is 23.1 Å². The molecule has 0 aliphatic carbocycles. The normalized spacial score (nSPS) is 10.8. The molecular weight excluding hydrogens is 373 g/mol. The highest BCUT2D eigenvalue weighted by atomic mass is 32.2. The average Bonchev–Trinajstić information content (AvgIpc) is 3.24. The number of carbonyl (C=O) groups is 2. The van der Waals surface area contributed by atoms with Crippen molar-refractivity contribution in [1.29, 1.82) is 0 Å². The summed E-state index contributed by atoms with van der Waals surface area (Å²) in [4.78, 5) is 38.3. The number of nitro benzene ring substituents is 1. The fourth-order valence-electron chi connectivity index (χ4n) is 2.23. The Balaban J connectivity index is 2.09. The van der Waals surface area contributed by atoms with Crippen LogP contribution in [-0.2, 0) is 4.74 Å². The number of nitrogens with zero attached hydrogens (tertiary/aromatic N) is 3. The number of methoxy groups -OCH3 is 1. The number of nitro groups is 1. The number of non-ortho nitro benzene ring substituents is 1. The molecule has 25 heavy (non-hydrogen) atoms. The molecule has 0 unspecified atom stereocenters. The van der Waals surface area contributed by atoms with Crippen LogP contribution in [0.1, 0.15) is 25.9 Å². The number of carbonyl (C=O) groups excluding carboxylic acids is 2. The number of thiazole rings is 1. The van der Waals surface area contributed by atoms with Crippen LogP contribution in [0.25, 0.3) is 10.9 Å². The molecule has 1 aromatic carbocycles. The lowest BCUT2D eigenvalue weighted by atomic mass is 10.1. The van der Waals surface area contributed by atoms with E-state index in [2.05, 4.69) is 9.72 Å². The Labute approximate surface area is 147 Å². The molecule has 2 aromatic heterocycles. The van der Waals surface area contributed by atoms with Crippen LogP contribution in [0.15, 0.2) is 29.8 Å². The third-order valence-electron chi connectivity index (χ3n) is 3.38. The summed E-state index contributed by atoms with van der Waals surface area (Å²) in [6, 6.07) is 3.79. The number of hydrogen-bond acceptors (Lipinski definition) is 8. The maximum Gasteiger partial charge on any atom is 0.357 e. The van der Waals surface area contributed by atoms with Crippen LogP contribution in [-0.4, -0.2) is 32.7 Å². The van der Waals surface area contributed by atoms with E-state index in [1.807, 2.05) is 0 Å². The summed E-state index contributed by atoms with van der Waals surface area (Å²) in [5, 5.41) is 12.6. The molecular formula is C14H8FN3O5S2. The molecule has 128 valence electrons. The van der Waals surface area contributed by atoms with Crippen molar-refractivity contribution in [2.75, 3.05) is 7.11 Å². The molecule has 2 heterocycles. The highest BCUT2D eigenvalue weighted by Gasteiger charge is 2.23. The van der Waals surface area contributed by atoms with Crippen molar-refractivity contribution in [2.45, 2.75) is 0 Å². The van der Waals surface area contributed by atoms with Gasteiger partial charge in [0.2, 0.25) is 5.78 Å². The zero-order valence-corrected chi connectivity index (χ0v) is 14.1. The van der Waals surface area contributed by atoms with Gasteiger partial charge in [-0.3, -0.25) is 18.9 Å². The minimum absolute atomic E-state index is 0.00454. The van der Waals surface area contributed by atoms with Gasteiger partial charge in [0.1, 0.15) is 0 Å². The molecule has 0 fully saturated rings. The fraction of sp³-hybridized carbons (Fsp3) is 0.0714. The van der Waals surface area contributed by atoms with E-state index in [-0.39, 0.29) is 39.8 Å². The number of ether oxygens (including phenoxy) is 1. The van der Waals surface area contributed by atoms with Gasteiger partial charge in [0.15, 0.2) is 23.0 Å². The molecule has 0 aliphatic heterocycles. The fourth-order valence-corrected chi connectivity index (χ4v) is 3.34. The highest BCUT2D eigenvalue weighted by molar-refractivity contribution is 7.92. The van der Waals surface area contributed by atoms with Gasteiger partial charge in [-0.2, -0.15) is 0 Å². The summed E-state index contributed by atoms with van der Waals surface area (Å²) < 4.78 is 18.7. The van der Waals surface area contributed by atoms with Crippen LogP contribution >= 0.6 is 23.7 Å². The Morgan fingerprint density at radius 3 is 2.84 bits per heavy atom. The molecule has 8 nitrogen and oxygen atoms in total. The van der Waals surface area contributed by atoms with E-state index in [1.54, 1.807) is 0 Å². The quantitative estimate of drug-likeness (QED) is 0.289. The van der Waals surface area contributed by atoms with Crippen molar-refractivity contribution in [2.24, 2.45) is 0 Å². The second-order valence-corrected chi connectivity index (χ2v) is 6.14. The summed E-state index contributed by atoms with van der Waals surface area (Å²) in [5.74, 6) is -1.19. The first-order valence-electron chi connectivity index (χ1n) is 6.63. The summed E-state index contributed by atoms with van der Waals surface area (Å²) >= 11 is 0.767. The molecule has 3 aromatic rings. The van der Waals surface area contributed by atoms with E-state index in [0.29, 0.717) is 5.39 Å². The zero-order valence-electron chi connectivity index (χ0n) is 12.5. The predicted octanol–water partition coefficient (Wildman–Crippen LogP) is 3.40. The number of benzene rings is 1. The SMILES string of the molecule is COC(=O)c1csc(C(=O)c2cn(SF)c3cc([N+](=O)[O-])ccc23)n1. The zero-order chi connectivity index (χ0) is 18.1. The van der Waals surface area contributed by atoms with Gasteiger partial charge in [-0.25, -0.2) is 9.78 Å². The number of aromatic nitrogens is 2. The maximum atomic E-state index is 13.1. The molecule has 0 aliphatic rings. The van der Waals surface area contributed by atoms with Crippen LogP contribution in [0, 0.1) is 10.1 Å². The minimum atomic E-state index is -0.673. The number of esters is 1. The summed E-state index contributed by atoms with van der Waals surface area (Å²) in [6.07, 6.45) is 1.24. The van der Waals surface area contributed by atoms with Gasteiger partial charge >= 0.3 is 5.97 Å². The van der Waals surface area contributed by atoms with Crippen molar-refractivity contribution in [3.8, 4) is 0 Å². The molecule has 0 amide bonds. The van der Waals surface area contributed by atoms with E-state index in [1.165, 1.54) is 36.9 Å². The summed E-state index contributed by atoms with van der Waals surface area (Å²) in [6.45, 7) is 0. The third-order valence-corrected chi connectivity index (χ3v) is 4.67. The molecule has 0 atom stereocenters. The minimum Gasteiger partial charge on any atom is -0.464 e. The van der Waals surface area contributed by atoms with Crippen LogP contribution in [0.3, 0.4) is 0 Å². The molecule has 0 saturated heterocycles. The van der Waals surface area contributed by atoms with Crippen molar-refractivity contribution < 1.29 is 23.1 Å². The lowest BCUT2D eigenvalue weighted by Crippen LogP contribution is -2.04. The van der Waals surface area contributed by atoms with Crippen LogP contribution in [0.2, 0.25) is 0 Å². The number of rotatable bonds is 5. The smallest absolute Gasteiger partial charge is 0.357 e. The Morgan fingerprint density at radius 1 is 1.44 bits per heavy atom. The second-order valence-electron chi connectivity index (χ2n) is 4.75. The Bertz CT molecular complexity index is 1010. The van der Waals surface area contributed by atoms with E-state index >= 15 is 0 Å². The third kappa shape index (κ3) is 2.98. The molecule has 0 radical (unpaired) electrons. The lowest BCUT2D eigenvalue weighted by Gasteiger charge is -1.97. The Kier molecular flexibility index (Phi) is 4.51. The van der Waals surface area contributed by atoms with E-state index in [0.717, 1.165) is 15.3 Å². The van der Waals surface area contributed by atoms with E-state index in [9.17, 15) is 23.6 Å². The summed E-state index contributed by atoms with van der Waals surface area (Å²) in [7, 11) is 1.20. The van der Waals surface area contributed by atoms with Crippen molar-refractivity contribution in [3.05, 3.63) is 56.2 Å². The summed E-state index contributed by atoms with van der Waals surface area (Å²) in [5.41, 5.74) is 0.0906. The molecule has 0 saturated carbocycles. The predicted molar refractivity (Wildman–Crippen MR) is 89.6 cm³/mol. The van der Waals surface area contributed by atoms with Crippen LogP contribution < -0.4 is 0 Å². The van der Waals surface area contributed by atoms with Crippen molar-refractivity contribution >= 4 is 52.0 Å². The second kappa shape index (κ2) is 6.61. The van der Waals surface area contributed by atoms with Gasteiger partial charge in [0, 0.05) is 29.1 Å². The van der Waals surface area contributed by atoms with E-state index < -0.39 is 16.7 Å². The Hall–Kier alpha value is -2.79. The largest absolute Gasteiger partial charge is 0.464 e. The molecule has 0 spiro atoms. The first kappa shape index (κ1) is 17.0. The van der Waals surface area contributed by atoms with Crippen LogP contribution in [0.4, 0.5) is 9.57 Å². The Morgan fingerprint density at radius 2 is 2.20 bits per heavy atom. The van der Waals surface area contributed by atoms with Gasteiger partial charge in [-0.05, 0) is 6.07 Å². The first-order valence-corrected chi connectivity index (χ1v) is 8.18. The molecule has 0 bridgehead atoms. The van der Waals surface area contributed by atoms with Crippen molar-refractivity contribution in [1.82, 2.24) is 8.96 Å². The van der Waals surface area contributed by atoms with Crippen molar-refractivity contribution in [3.63, 3.8) is 0 Å². The number of fused-ring (bicyclic) bond motifs is 1. The molecule has 3 rings (SSSR count). The first-order chi connectivity index (χ1) is 12.0. The van der Waals surface area contributed by atoms with Gasteiger partial charge < -0.3 is 4.74 Å². The maximum absolute atomic E-state index is 13.1. The van der Waals surface area contributed by atoms with Gasteiger partial charge in [-0.15, -0.1) is 15.2 Å². The van der Waals surface area contributed by atoms with Crippen LogP contribution in [0.5, 0.6) is 0 Å². The molecule has 11 heteroatoms. The number of hydrogen-bond donors (Lipinski definition) is 0. The van der Waals surface area contributed by atoms with Gasteiger partial charge in [-0.1, -0.05) is 0 Å². The average molecular weight is 381 g/mol. The monoisotopic (exact) mass is 381 g/mol. The number of ketones is 1. The number of halogens is 1. The highest BCUT2D eigenvalue weighted by Crippen LogP contribution is 2.31.